The summed E-state index contributed by atoms with van der Waals surface area (Å²) in [4.78, 5) is 30.8. The van der Waals surface area contributed by atoms with Crippen LogP contribution in [0.2, 0.25) is 0 Å². The predicted octanol–water partition coefficient (Wildman–Crippen LogP) is 4.40. The van der Waals surface area contributed by atoms with Gasteiger partial charge in [-0.05, 0) is 41.5 Å². The van der Waals surface area contributed by atoms with Crippen molar-refractivity contribution >= 4 is 22.6 Å². The molecule has 0 spiro atoms. The number of carbonyl (C=O) groups is 2. The number of aromatic nitrogens is 1. The van der Waals surface area contributed by atoms with Gasteiger partial charge in [0.1, 0.15) is 19.3 Å². The molecular formula is C26H21F2N3O4. The summed E-state index contributed by atoms with van der Waals surface area (Å²) in [5.74, 6) is -2.69. The Balaban J connectivity index is 1.37. The number of amides is 1. The Morgan fingerprint density at radius 2 is 1.80 bits per heavy atom. The first kappa shape index (κ1) is 22.7. The van der Waals surface area contributed by atoms with Crippen molar-refractivity contribution in [1.29, 1.82) is 5.26 Å². The molecule has 35 heavy (non-hydrogen) atoms. The SMILES string of the molecule is N#C[C@@H]1CC(F)(F)CN1C(=O)CCC(=O)c1ccnc2ccc(-c3ccc4c(c3)OCCO4)cc12. The van der Waals surface area contributed by atoms with Crippen molar-refractivity contribution in [2.45, 2.75) is 31.2 Å². The topological polar surface area (TPSA) is 92.5 Å². The Hall–Kier alpha value is -4.06. The quantitative estimate of drug-likeness (QED) is 0.506. The van der Waals surface area contributed by atoms with Gasteiger partial charge in [-0.2, -0.15) is 5.26 Å². The molecule has 1 atom stereocenters. The molecule has 0 radical (unpaired) electrons. The number of hydrogen-bond donors (Lipinski definition) is 0. The lowest BCUT2D eigenvalue weighted by Gasteiger charge is -2.19. The van der Waals surface area contributed by atoms with Crippen LogP contribution in [0.3, 0.4) is 0 Å². The van der Waals surface area contributed by atoms with Crippen molar-refractivity contribution < 1.29 is 27.8 Å². The van der Waals surface area contributed by atoms with Crippen LogP contribution >= 0.6 is 0 Å². The lowest BCUT2D eigenvalue weighted by molar-refractivity contribution is -0.132. The number of alkyl halides is 2. The third-order valence-corrected chi connectivity index (χ3v) is 6.22. The molecule has 3 aromatic rings. The van der Waals surface area contributed by atoms with Gasteiger partial charge in [0.15, 0.2) is 17.3 Å². The summed E-state index contributed by atoms with van der Waals surface area (Å²) in [5, 5.41) is 9.74. The van der Waals surface area contributed by atoms with E-state index in [1.54, 1.807) is 12.1 Å². The number of ether oxygens (including phenoxy) is 2. The summed E-state index contributed by atoms with van der Waals surface area (Å²) in [5.41, 5.74) is 2.74. The number of benzene rings is 2. The molecule has 1 saturated heterocycles. The Labute approximate surface area is 199 Å². The maximum atomic E-state index is 13.7. The van der Waals surface area contributed by atoms with Crippen LogP contribution < -0.4 is 9.47 Å². The molecule has 0 bridgehead atoms. The standard InChI is InChI=1S/C26H21F2N3O4/c27-26(28)13-18(14-29)31(15-26)25(33)6-4-22(32)19-7-8-30-21-3-1-16(11-20(19)21)17-2-5-23-24(12-17)35-10-9-34-23/h1-3,5,7-8,11-12,18H,4,6,9-10,13,15H2/t18-/m0/s1. The Kier molecular flexibility index (Phi) is 5.81. The summed E-state index contributed by atoms with van der Waals surface area (Å²) in [6.45, 7) is 0.175. The number of halogens is 2. The minimum atomic E-state index is -3.09. The second-order valence-electron chi connectivity index (χ2n) is 8.60. The van der Waals surface area contributed by atoms with Gasteiger partial charge in [0.25, 0.3) is 5.92 Å². The van der Waals surface area contributed by atoms with Crippen molar-refractivity contribution in [3.8, 4) is 28.7 Å². The van der Waals surface area contributed by atoms with Gasteiger partial charge in [-0.25, -0.2) is 8.78 Å². The van der Waals surface area contributed by atoms with Crippen LogP contribution in [0.5, 0.6) is 11.5 Å². The van der Waals surface area contributed by atoms with Crippen LogP contribution in [-0.4, -0.2) is 53.3 Å². The Morgan fingerprint density at radius 3 is 2.60 bits per heavy atom. The van der Waals surface area contributed by atoms with E-state index in [0.717, 1.165) is 16.0 Å². The molecule has 1 aromatic heterocycles. The molecule has 1 amide bonds. The Bertz CT molecular complexity index is 1370. The first-order valence-corrected chi connectivity index (χ1v) is 11.2. The van der Waals surface area contributed by atoms with E-state index in [4.69, 9.17) is 14.7 Å². The minimum absolute atomic E-state index is 0.160. The Morgan fingerprint density at radius 1 is 1.06 bits per heavy atom. The lowest BCUT2D eigenvalue weighted by Crippen LogP contribution is -2.36. The van der Waals surface area contributed by atoms with Crippen LogP contribution in [0.4, 0.5) is 8.78 Å². The molecule has 1 fully saturated rings. The molecule has 0 unspecified atom stereocenters. The number of rotatable bonds is 5. The number of fused-ring (bicyclic) bond motifs is 2. The minimum Gasteiger partial charge on any atom is -0.486 e. The fourth-order valence-electron chi connectivity index (χ4n) is 4.48. The molecule has 178 valence electrons. The number of Topliss-reactive ketones (excluding diaryl/α,β-unsaturated/α-hetero) is 1. The molecular weight excluding hydrogens is 456 g/mol. The van der Waals surface area contributed by atoms with Gasteiger partial charge in [0, 0.05) is 36.4 Å². The van der Waals surface area contributed by atoms with Crippen LogP contribution in [-0.2, 0) is 4.79 Å². The zero-order valence-corrected chi connectivity index (χ0v) is 18.7. The molecule has 2 aliphatic rings. The van der Waals surface area contributed by atoms with Crippen molar-refractivity contribution in [3.63, 3.8) is 0 Å². The zero-order valence-electron chi connectivity index (χ0n) is 18.7. The normalized spacial score (nSPS) is 18.3. The highest BCUT2D eigenvalue weighted by Gasteiger charge is 2.47. The molecule has 0 saturated carbocycles. The summed E-state index contributed by atoms with van der Waals surface area (Å²) in [7, 11) is 0. The summed E-state index contributed by atoms with van der Waals surface area (Å²) in [6, 6.07) is 13.3. The molecule has 0 N–H and O–H groups in total. The van der Waals surface area contributed by atoms with E-state index >= 15 is 0 Å². The van der Waals surface area contributed by atoms with Crippen molar-refractivity contribution in [2.24, 2.45) is 0 Å². The summed E-state index contributed by atoms with van der Waals surface area (Å²) in [6.07, 6.45) is 0.430. The van der Waals surface area contributed by atoms with E-state index < -0.39 is 30.8 Å². The zero-order chi connectivity index (χ0) is 24.6. The highest BCUT2D eigenvalue weighted by atomic mass is 19.3. The average molecular weight is 477 g/mol. The van der Waals surface area contributed by atoms with E-state index in [-0.39, 0.29) is 18.6 Å². The van der Waals surface area contributed by atoms with Gasteiger partial charge in [0.2, 0.25) is 5.91 Å². The number of likely N-dealkylation sites (tertiary alicyclic amines) is 1. The van der Waals surface area contributed by atoms with Crippen LogP contribution in [0.25, 0.3) is 22.0 Å². The van der Waals surface area contributed by atoms with Crippen molar-refractivity contribution in [1.82, 2.24) is 9.88 Å². The molecule has 9 heteroatoms. The number of ketones is 1. The first-order valence-electron chi connectivity index (χ1n) is 11.2. The van der Waals surface area contributed by atoms with Crippen molar-refractivity contribution in [3.05, 3.63) is 54.2 Å². The monoisotopic (exact) mass is 477 g/mol. The van der Waals surface area contributed by atoms with Crippen LogP contribution in [0.1, 0.15) is 29.6 Å². The number of nitriles is 1. The van der Waals surface area contributed by atoms with Crippen LogP contribution in [0, 0.1) is 11.3 Å². The highest BCUT2D eigenvalue weighted by molar-refractivity contribution is 6.08. The van der Waals surface area contributed by atoms with E-state index in [0.29, 0.717) is 41.2 Å². The number of hydrogen-bond acceptors (Lipinski definition) is 6. The number of pyridine rings is 1. The lowest BCUT2D eigenvalue weighted by atomic mass is 9.97. The molecule has 0 aliphatic carbocycles. The van der Waals surface area contributed by atoms with E-state index in [2.05, 4.69) is 4.98 Å². The van der Waals surface area contributed by atoms with E-state index in [1.165, 1.54) is 6.20 Å². The summed E-state index contributed by atoms with van der Waals surface area (Å²) >= 11 is 0. The third kappa shape index (κ3) is 4.52. The average Bonchev–Trinajstić information content (AvgIpc) is 3.20. The van der Waals surface area contributed by atoms with Crippen LogP contribution in [0.15, 0.2) is 48.7 Å². The van der Waals surface area contributed by atoms with Gasteiger partial charge in [-0.3, -0.25) is 14.6 Å². The molecule has 5 rings (SSSR count). The highest BCUT2D eigenvalue weighted by Crippen LogP contribution is 2.36. The second-order valence-corrected chi connectivity index (χ2v) is 8.60. The van der Waals surface area contributed by atoms with Gasteiger partial charge >= 0.3 is 0 Å². The van der Waals surface area contributed by atoms with Gasteiger partial charge < -0.3 is 14.4 Å². The largest absolute Gasteiger partial charge is 0.486 e. The van der Waals surface area contributed by atoms with Gasteiger partial charge in [-0.1, -0.05) is 12.1 Å². The molecule has 2 aliphatic heterocycles. The maximum absolute atomic E-state index is 13.7. The maximum Gasteiger partial charge on any atom is 0.268 e. The summed E-state index contributed by atoms with van der Waals surface area (Å²) < 4.78 is 38.6. The molecule has 7 nitrogen and oxygen atoms in total. The number of carbonyl (C=O) groups excluding carboxylic acids is 2. The predicted molar refractivity (Wildman–Crippen MR) is 122 cm³/mol. The smallest absolute Gasteiger partial charge is 0.268 e. The van der Waals surface area contributed by atoms with Crippen molar-refractivity contribution in [2.75, 3.05) is 19.8 Å². The van der Waals surface area contributed by atoms with E-state index in [9.17, 15) is 18.4 Å². The van der Waals surface area contributed by atoms with Gasteiger partial charge in [-0.15, -0.1) is 0 Å². The van der Waals surface area contributed by atoms with E-state index in [1.807, 2.05) is 36.4 Å². The fraction of sp³-hybridized carbons (Fsp3) is 0.308. The molecule has 3 heterocycles. The fourth-order valence-corrected chi connectivity index (χ4v) is 4.48. The first-order chi connectivity index (χ1) is 16.8. The number of nitrogens with zero attached hydrogens (tertiary/aromatic N) is 3. The molecule has 2 aromatic carbocycles. The third-order valence-electron chi connectivity index (χ3n) is 6.22. The van der Waals surface area contributed by atoms with Gasteiger partial charge in [0.05, 0.1) is 18.1 Å². The second kappa shape index (κ2) is 8.95.